The molecule has 4 N–H and O–H groups in total. The number of carbonyl (C=O) groups is 4. The van der Waals surface area contributed by atoms with E-state index in [1.54, 1.807) is 27.0 Å². The van der Waals surface area contributed by atoms with Crippen molar-refractivity contribution in [3.05, 3.63) is 30.4 Å². The summed E-state index contributed by atoms with van der Waals surface area (Å²) in [5.74, 6) is -0.784. The maximum Gasteiger partial charge on any atom is 0.408 e. The molecule has 3 atom stereocenters. The molecule has 1 aromatic heterocycles. The number of aromatic amines is 1. The number of allylic oxidation sites excluding steroid dienone is 2. The number of hydrogen-bond acceptors (Lipinski definition) is 7. The van der Waals surface area contributed by atoms with Crippen molar-refractivity contribution in [1.29, 1.82) is 0 Å². The van der Waals surface area contributed by atoms with Gasteiger partial charge in [0.1, 0.15) is 17.7 Å². The first-order chi connectivity index (χ1) is 23.9. The van der Waals surface area contributed by atoms with E-state index in [1.165, 1.54) is 62.6 Å². The van der Waals surface area contributed by atoms with Crippen LogP contribution in [0.4, 0.5) is 4.79 Å². The SMILES string of the molecule is CCCCCCCCC=CCCCCCCCC(=O)N[C@H]1C[C@@H](C(=O)NCCN(C)C)N(C(=O)C(Cc2cnc[nH]2)NC(=O)OC(C)(C)C)C1. The molecule has 2 heterocycles. The number of unbranched alkanes of at least 4 members (excludes halogenated alkanes) is 11. The number of nitrogens with one attached hydrogen (secondary N) is 4. The molecular formula is C38H67N7O5. The second-order valence-electron chi connectivity index (χ2n) is 14.9. The molecule has 1 unspecified atom stereocenters. The minimum absolute atomic E-state index is 0.0745. The van der Waals surface area contributed by atoms with Gasteiger partial charge < -0.3 is 35.5 Å². The smallest absolute Gasteiger partial charge is 0.408 e. The minimum Gasteiger partial charge on any atom is -0.444 e. The maximum atomic E-state index is 14.0. The van der Waals surface area contributed by atoms with Crippen LogP contribution >= 0.6 is 0 Å². The number of ether oxygens (including phenoxy) is 1. The van der Waals surface area contributed by atoms with E-state index in [-0.39, 0.29) is 30.8 Å². The number of amides is 4. The van der Waals surface area contributed by atoms with Crippen molar-refractivity contribution in [1.82, 2.24) is 35.7 Å². The van der Waals surface area contributed by atoms with E-state index in [0.717, 1.165) is 32.1 Å². The molecule has 0 aromatic carbocycles. The summed E-state index contributed by atoms with van der Waals surface area (Å²) in [5.41, 5.74) is -0.108. The number of likely N-dealkylation sites (N-methyl/N-ethyl adjacent to an activating group) is 1. The summed E-state index contributed by atoms with van der Waals surface area (Å²) in [7, 11) is 3.84. The Hall–Kier alpha value is -3.41. The number of rotatable bonds is 24. The van der Waals surface area contributed by atoms with Crippen molar-refractivity contribution in [2.24, 2.45) is 0 Å². The Morgan fingerprint density at radius 2 is 1.64 bits per heavy atom. The van der Waals surface area contributed by atoms with Crippen LogP contribution in [-0.4, -0.2) is 101 Å². The largest absolute Gasteiger partial charge is 0.444 e. The first-order valence-electron chi connectivity index (χ1n) is 19.0. The summed E-state index contributed by atoms with van der Waals surface area (Å²) >= 11 is 0. The predicted molar refractivity (Wildman–Crippen MR) is 199 cm³/mol. The van der Waals surface area contributed by atoms with Gasteiger partial charge in [-0.2, -0.15) is 0 Å². The summed E-state index contributed by atoms with van der Waals surface area (Å²) in [6, 6.07) is -2.18. The molecule has 1 saturated heterocycles. The number of nitrogens with zero attached hydrogens (tertiary/aromatic N) is 3. The number of H-pyrrole nitrogens is 1. The fourth-order valence-electron chi connectivity index (χ4n) is 6.08. The van der Waals surface area contributed by atoms with E-state index in [0.29, 0.717) is 31.6 Å². The summed E-state index contributed by atoms with van der Waals surface area (Å²) in [6.45, 7) is 8.72. The lowest BCUT2D eigenvalue weighted by molar-refractivity contribution is -0.140. The van der Waals surface area contributed by atoms with Gasteiger partial charge in [0.05, 0.1) is 6.33 Å². The molecule has 0 radical (unpaired) electrons. The molecule has 1 fully saturated rings. The van der Waals surface area contributed by atoms with E-state index in [9.17, 15) is 19.2 Å². The molecule has 1 aliphatic rings. The van der Waals surface area contributed by atoms with Crippen LogP contribution in [0, 0.1) is 0 Å². The van der Waals surface area contributed by atoms with E-state index >= 15 is 0 Å². The third kappa shape index (κ3) is 18.5. The Kier molecular flexibility index (Phi) is 20.4. The molecule has 2 rings (SSSR count). The van der Waals surface area contributed by atoms with Crippen molar-refractivity contribution in [2.45, 2.75) is 154 Å². The highest BCUT2D eigenvalue weighted by Gasteiger charge is 2.42. The van der Waals surface area contributed by atoms with Crippen LogP contribution in [0.15, 0.2) is 24.7 Å². The second-order valence-corrected chi connectivity index (χ2v) is 14.9. The van der Waals surface area contributed by atoms with Crippen molar-refractivity contribution >= 4 is 23.8 Å². The Bertz CT molecular complexity index is 1150. The third-order valence-corrected chi connectivity index (χ3v) is 8.74. The van der Waals surface area contributed by atoms with E-state index in [4.69, 9.17) is 4.74 Å². The van der Waals surface area contributed by atoms with Crippen molar-refractivity contribution in [3.8, 4) is 0 Å². The standard InChI is InChI=1S/C38H67N7O5/c1-7-8-9-10-11-12-13-14-15-16-17-18-19-20-21-22-34(46)42-31-26-33(35(47)40-23-24-44(5)6)45(28-31)36(48)32(25-30-27-39-29-41-30)43-37(49)50-38(2,3)4/h14-15,27,29,31-33H,7-13,16-26,28H2,1-6H3,(H,39,41)(H,40,47)(H,42,46)(H,43,49)/t31-,32?,33-/m0/s1. The van der Waals surface area contributed by atoms with Gasteiger partial charge in [-0.15, -0.1) is 0 Å². The fraction of sp³-hybridized carbons (Fsp3) is 0.763. The zero-order valence-electron chi connectivity index (χ0n) is 31.9. The number of imidazole rings is 1. The van der Waals surface area contributed by atoms with Crippen molar-refractivity contribution in [2.75, 3.05) is 33.7 Å². The number of alkyl carbamates (subject to hydrolysis) is 1. The molecule has 284 valence electrons. The highest BCUT2D eigenvalue weighted by molar-refractivity contribution is 5.92. The molecule has 0 bridgehead atoms. The van der Waals surface area contributed by atoms with Gasteiger partial charge in [-0.3, -0.25) is 14.4 Å². The highest BCUT2D eigenvalue weighted by atomic mass is 16.6. The summed E-state index contributed by atoms with van der Waals surface area (Å²) in [5, 5.41) is 8.71. The van der Waals surface area contributed by atoms with Crippen molar-refractivity contribution < 1.29 is 23.9 Å². The van der Waals surface area contributed by atoms with Gasteiger partial charge in [0.25, 0.3) is 0 Å². The van der Waals surface area contributed by atoms with Crippen LogP contribution in [-0.2, 0) is 25.5 Å². The first kappa shape index (κ1) is 42.8. The topological polar surface area (TPSA) is 149 Å². The normalized spacial score (nSPS) is 16.9. The molecule has 1 aliphatic heterocycles. The Labute approximate surface area is 301 Å². The highest BCUT2D eigenvalue weighted by Crippen LogP contribution is 2.21. The molecular weight excluding hydrogens is 634 g/mol. The lowest BCUT2D eigenvalue weighted by Gasteiger charge is -2.29. The predicted octanol–water partition coefficient (Wildman–Crippen LogP) is 5.65. The minimum atomic E-state index is -1.01. The number of hydrogen-bond donors (Lipinski definition) is 4. The third-order valence-electron chi connectivity index (χ3n) is 8.74. The van der Waals surface area contributed by atoms with Gasteiger partial charge in [0.15, 0.2) is 0 Å². The van der Waals surface area contributed by atoms with Crippen LogP contribution in [0.5, 0.6) is 0 Å². The summed E-state index contributed by atoms with van der Waals surface area (Å²) < 4.78 is 5.44. The van der Waals surface area contributed by atoms with Crippen LogP contribution in [0.3, 0.4) is 0 Å². The van der Waals surface area contributed by atoms with Crippen LogP contribution in [0.1, 0.15) is 130 Å². The van der Waals surface area contributed by atoms with Crippen LogP contribution in [0.25, 0.3) is 0 Å². The molecule has 50 heavy (non-hydrogen) atoms. The van der Waals surface area contributed by atoms with Crippen LogP contribution in [0.2, 0.25) is 0 Å². The lowest BCUT2D eigenvalue weighted by Crippen LogP contribution is -2.55. The Morgan fingerprint density at radius 3 is 2.24 bits per heavy atom. The zero-order valence-corrected chi connectivity index (χ0v) is 31.9. The first-order valence-corrected chi connectivity index (χ1v) is 19.0. The average molecular weight is 702 g/mol. The Morgan fingerprint density at radius 1 is 1.00 bits per heavy atom. The molecule has 12 nitrogen and oxygen atoms in total. The number of carbonyl (C=O) groups excluding carboxylic acids is 4. The average Bonchev–Trinajstić information content (AvgIpc) is 3.71. The lowest BCUT2D eigenvalue weighted by atomic mass is 10.1. The van der Waals surface area contributed by atoms with Gasteiger partial charge in [0.2, 0.25) is 17.7 Å². The van der Waals surface area contributed by atoms with Gasteiger partial charge in [0, 0.05) is 50.4 Å². The van der Waals surface area contributed by atoms with Crippen LogP contribution < -0.4 is 16.0 Å². The van der Waals surface area contributed by atoms with Gasteiger partial charge in [-0.05, 0) is 73.4 Å². The van der Waals surface area contributed by atoms with Crippen molar-refractivity contribution in [3.63, 3.8) is 0 Å². The van der Waals surface area contributed by atoms with Gasteiger partial charge >= 0.3 is 6.09 Å². The van der Waals surface area contributed by atoms with E-state index in [2.05, 4.69) is 45.0 Å². The Balaban J connectivity index is 1.88. The van der Waals surface area contributed by atoms with E-state index < -0.39 is 29.7 Å². The molecule has 12 heteroatoms. The molecule has 0 spiro atoms. The zero-order chi connectivity index (χ0) is 36.8. The van der Waals surface area contributed by atoms with E-state index in [1.807, 2.05) is 19.0 Å². The van der Waals surface area contributed by atoms with Gasteiger partial charge in [-0.25, -0.2) is 9.78 Å². The molecule has 4 amide bonds. The van der Waals surface area contributed by atoms with Gasteiger partial charge in [-0.1, -0.05) is 70.4 Å². The second kappa shape index (κ2) is 23.9. The molecule has 0 saturated carbocycles. The fourth-order valence-corrected chi connectivity index (χ4v) is 6.08. The quantitative estimate of drug-likeness (QED) is 0.0805. The summed E-state index contributed by atoms with van der Waals surface area (Å²) in [4.78, 5) is 63.6. The molecule has 1 aromatic rings. The summed E-state index contributed by atoms with van der Waals surface area (Å²) in [6.07, 6.45) is 23.4. The molecule has 0 aliphatic carbocycles. The number of likely N-dealkylation sites (tertiary alicyclic amines) is 1. The monoisotopic (exact) mass is 702 g/mol. The number of aromatic nitrogens is 2. The maximum absolute atomic E-state index is 14.0.